The summed E-state index contributed by atoms with van der Waals surface area (Å²) in [6.07, 6.45) is 4.23. The van der Waals surface area contributed by atoms with Gasteiger partial charge < -0.3 is 18.8 Å². The number of ether oxygens (including phenoxy) is 2. The van der Waals surface area contributed by atoms with E-state index in [1.54, 1.807) is 6.07 Å². The second-order valence-corrected chi connectivity index (χ2v) is 14.8. The quantitative estimate of drug-likeness (QED) is 0.234. The third-order valence-corrected chi connectivity index (χ3v) is 11.8. The Bertz CT molecular complexity index is 1970. The maximum absolute atomic E-state index is 15.6. The van der Waals surface area contributed by atoms with Gasteiger partial charge in [0, 0.05) is 56.5 Å². The van der Waals surface area contributed by atoms with Crippen LogP contribution in [0, 0.1) is 5.82 Å². The molecule has 3 aliphatic heterocycles. The van der Waals surface area contributed by atoms with Crippen LogP contribution in [0.15, 0.2) is 76.4 Å². The van der Waals surface area contributed by atoms with E-state index >= 15 is 9.18 Å². The van der Waals surface area contributed by atoms with Gasteiger partial charge in [0.1, 0.15) is 23.6 Å². The molecule has 0 saturated carbocycles. The largest absolute Gasteiger partial charge is 0.497 e. The predicted octanol–water partition coefficient (Wildman–Crippen LogP) is 5.05. The van der Waals surface area contributed by atoms with E-state index in [-0.39, 0.29) is 21.2 Å². The van der Waals surface area contributed by atoms with Crippen molar-refractivity contribution in [1.82, 2.24) is 19.7 Å². The van der Waals surface area contributed by atoms with Crippen LogP contribution >= 0.6 is 11.6 Å². The molecular weight excluding hydrogens is 673 g/mol. The average Bonchev–Trinajstić information content (AvgIpc) is 3.86. The van der Waals surface area contributed by atoms with Gasteiger partial charge in [-0.25, -0.2) is 22.1 Å². The van der Waals surface area contributed by atoms with Gasteiger partial charge in [0.05, 0.1) is 42.1 Å². The van der Waals surface area contributed by atoms with Crippen LogP contribution in [0.3, 0.4) is 0 Å². The van der Waals surface area contributed by atoms with Crippen molar-refractivity contribution in [1.29, 1.82) is 0 Å². The zero-order valence-corrected chi connectivity index (χ0v) is 29.0. The van der Waals surface area contributed by atoms with E-state index in [9.17, 15) is 8.42 Å². The number of benzene rings is 3. The number of carbonyl (C=O) groups is 1. The second-order valence-electron chi connectivity index (χ2n) is 12.6. The van der Waals surface area contributed by atoms with Gasteiger partial charge in [0.25, 0.3) is 15.9 Å². The number of sulfonamides is 1. The highest BCUT2D eigenvalue weighted by Gasteiger charge is 2.63. The summed E-state index contributed by atoms with van der Waals surface area (Å²) < 4.78 is 62.3. The van der Waals surface area contributed by atoms with Gasteiger partial charge in [0.2, 0.25) is 5.89 Å². The number of carbonyl (C=O) groups excluding carboxylic acids is 1. The van der Waals surface area contributed by atoms with E-state index in [0.717, 1.165) is 37.8 Å². The van der Waals surface area contributed by atoms with Crippen LogP contribution in [0.1, 0.15) is 41.5 Å². The molecule has 0 aliphatic carbocycles. The van der Waals surface area contributed by atoms with Gasteiger partial charge in [-0.3, -0.25) is 14.6 Å². The molecule has 14 heteroatoms. The Morgan fingerprint density at radius 1 is 1.00 bits per heavy atom. The molecular formula is C35H37ClFN5O6S. The highest BCUT2D eigenvalue weighted by atomic mass is 35.5. The number of likely N-dealkylation sites (tertiary alicyclic amines) is 1. The van der Waals surface area contributed by atoms with Gasteiger partial charge in [-0.1, -0.05) is 17.7 Å². The SMILES string of the molecule is COc1ccc(S(=O)(=O)N2C(=O)C(c3cc(CN4CCN(C)CC4)ccc3OC)(N3CCC[C@H]3c3ncco3)c3cc(Cl)c(F)cc32)cc1. The van der Waals surface area contributed by atoms with Gasteiger partial charge in [-0.05, 0) is 67.9 Å². The number of oxazole rings is 1. The molecule has 4 aromatic rings. The van der Waals surface area contributed by atoms with Gasteiger partial charge >= 0.3 is 0 Å². The summed E-state index contributed by atoms with van der Waals surface area (Å²) in [5.74, 6) is -0.493. The van der Waals surface area contributed by atoms with Crippen LogP contribution < -0.4 is 13.8 Å². The first-order valence-corrected chi connectivity index (χ1v) is 17.9. The number of hydrogen-bond acceptors (Lipinski definition) is 10. The van der Waals surface area contributed by atoms with E-state index in [0.29, 0.717) is 53.2 Å². The summed E-state index contributed by atoms with van der Waals surface area (Å²) in [5.41, 5.74) is -0.417. The monoisotopic (exact) mass is 709 g/mol. The highest BCUT2D eigenvalue weighted by Crippen LogP contribution is 2.57. The lowest BCUT2D eigenvalue weighted by molar-refractivity contribution is -0.127. The Labute approximate surface area is 289 Å². The Morgan fingerprint density at radius 2 is 1.76 bits per heavy atom. The smallest absolute Gasteiger partial charge is 0.271 e. The fraction of sp³-hybridized carbons (Fsp3) is 0.371. The van der Waals surface area contributed by atoms with Gasteiger partial charge in [-0.15, -0.1) is 0 Å². The van der Waals surface area contributed by atoms with Crippen molar-refractivity contribution in [2.75, 3.05) is 58.3 Å². The molecule has 11 nitrogen and oxygen atoms in total. The third-order valence-electron chi connectivity index (χ3n) is 9.81. The zero-order valence-electron chi connectivity index (χ0n) is 27.4. The van der Waals surface area contributed by atoms with Crippen LogP contribution in [0.25, 0.3) is 0 Å². The molecule has 0 radical (unpaired) electrons. The summed E-state index contributed by atoms with van der Waals surface area (Å²) in [4.78, 5) is 26.3. The van der Waals surface area contributed by atoms with Gasteiger partial charge in [-0.2, -0.15) is 0 Å². The number of rotatable bonds is 9. The van der Waals surface area contributed by atoms with Crippen molar-refractivity contribution >= 4 is 33.2 Å². The van der Waals surface area contributed by atoms with E-state index in [4.69, 9.17) is 25.5 Å². The van der Waals surface area contributed by atoms with Crippen molar-refractivity contribution in [3.63, 3.8) is 0 Å². The summed E-state index contributed by atoms with van der Waals surface area (Å²) in [6, 6.07) is 13.2. The lowest BCUT2D eigenvalue weighted by atomic mass is 9.80. The van der Waals surface area contributed by atoms with E-state index in [1.165, 1.54) is 57.0 Å². The molecule has 7 rings (SSSR count). The Balaban J connectivity index is 1.48. The number of likely N-dealkylation sites (N-methyl/N-ethyl adjacent to an activating group) is 1. The number of nitrogens with zero attached hydrogens (tertiary/aromatic N) is 5. The van der Waals surface area contributed by atoms with E-state index in [2.05, 4.69) is 21.8 Å². The molecule has 4 heterocycles. The molecule has 3 aromatic carbocycles. The molecule has 258 valence electrons. The molecule has 2 fully saturated rings. The summed E-state index contributed by atoms with van der Waals surface area (Å²) in [6.45, 7) is 4.55. The van der Waals surface area contributed by atoms with Crippen LogP contribution in [0.4, 0.5) is 10.1 Å². The van der Waals surface area contributed by atoms with Crippen molar-refractivity contribution in [3.8, 4) is 11.5 Å². The van der Waals surface area contributed by atoms with Crippen LogP contribution in [0.5, 0.6) is 11.5 Å². The maximum atomic E-state index is 15.6. The van der Waals surface area contributed by atoms with Gasteiger partial charge in [0.15, 0.2) is 5.54 Å². The highest BCUT2D eigenvalue weighted by molar-refractivity contribution is 7.93. The first-order chi connectivity index (χ1) is 23.6. The molecule has 0 N–H and O–H groups in total. The Morgan fingerprint density at radius 3 is 2.43 bits per heavy atom. The Kier molecular flexibility index (Phi) is 8.90. The van der Waals surface area contributed by atoms with Crippen molar-refractivity contribution in [2.45, 2.75) is 35.9 Å². The lowest BCUT2D eigenvalue weighted by Gasteiger charge is -2.41. The maximum Gasteiger partial charge on any atom is 0.271 e. The molecule has 2 atom stereocenters. The minimum Gasteiger partial charge on any atom is -0.497 e. The van der Waals surface area contributed by atoms with Crippen molar-refractivity contribution < 1.29 is 31.5 Å². The fourth-order valence-corrected chi connectivity index (χ4v) is 8.99. The van der Waals surface area contributed by atoms with Crippen molar-refractivity contribution in [2.24, 2.45) is 0 Å². The van der Waals surface area contributed by atoms with Crippen LogP contribution in [-0.4, -0.2) is 88.0 Å². The van der Waals surface area contributed by atoms with Crippen molar-refractivity contribution in [3.05, 3.63) is 100 Å². The molecule has 0 spiro atoms. The average molecular weight is 710 g/mol. The summed E-state index contributed by atoms with van der Waals surface area (Å²) in [7, 11) is 0.473. The Hall–Kier alpha value is -4.01. The first-order valence-electron chi connectivity index (χ1n) is 16.1. The number of fused-ring (bicyclic) bond motifs is 1. The molecule has 3 aliphatic rings. The molecule has 49 heavy (non-hydrogen) atoms. The standard InChI is InChI=1S/C35H37ClFN5O6S/c1-39-14-16-40(17-15-39)22-23-6-11-32(47-3)27(19-23)35(41-13-4-5-30(41)33-38-12-18-48-33)26-20-28(36)29(37)21-31(26)42(34(35)43)49(44,45)25-9-7-24(46-2)8-10-25/h6-12,18-21,30H,4-5,13-17,22H2,1-3H3/t30-,35?/m0/s1. The van der Waals surface area contributed by atoms with Crippen LogP contribution in [0.2, 0.25) is 5.02 Å². The number of hydrogen-bond donors (Lipinski definition) is 0. The lowest BCUT2D eigenvalue weighted by Crippen LogP contribution is -2.54. The fourth-order valence-electron chi connectivity index (χ4n) is 7.37. The minimum absolute atomic E-state index is 0.132. The van der Waals surface area contributed by atoms with E-state index < -0.39 is 33.3 Å². The normalized spacial score (nSPS) is 22.1. The van der Waals surface area contributed by atoms with E-state index in [1.807, 2.05) is 17.0 Å². The topological polar surface area (TPSA) is 109 Å². The number of aromatic nitrogens is 1. The third kappa shape index (κ3) is 5.57. The number of anilines is 1. The first kappa shape index (κ1) is 33.5. The molecule has 0 bridgehead atoms. The second kappa shape index (κ2) is 13.0. The van der Waals surface area contributed by atoms with Crippen LogP contribution in [-0.2, 0) is 26.9 Å². The summed E-state index contributed by atoms with van der Waals surface area (Å²) in [5, 5.41) is -0.251. The number of amides is 1. The number of methoxy groups -OCH3 is 2. The number of halogens is 2. The minimum atomic E-state index is -4.59. The molecule has 1 amide bonds. The number of piperazine rings is 1. The molecule has 1 unspecified atom stereocenters. The predicted molar refractivity (Wildman–Crippen MR) is 181 cm³/mol. The molecule has 1 aromatic heterocycles. The zero-order chi connectivity index (χ0) is 34.5. The molecule has 2 saturated heterocycles. The summed E-state index contributed by atoms with van der Waals surface area (Å²) >= 11 is 6.50.